The van der Waals surface area contributed by atoms with Crippen LogP contribution in [0.3, 0.4) is 0 Å². The second kappa shape index (κ2) is 6.38. The molecule has 2 rings (SSSR count). The van der Waals surface area contributed by atoms with Crippen LogP contribution in [0.2, 0.25) is 0 Å². The Labute approximate surface area is 121 Å². The van der Waals surface area contributed by atoms with Gasteiger partial charge in [-0.3, -0.25) is 4.79 Å². The molecule has 2 aromatic rings. The number of thiazole rings is 1. The standard InChI is InChI=1S/C14H16N2O3S/c1-18-10-5-3-9(4-6-10)13-11(20-14(15)16-13)7-8-12(17)19-2/h3-6H,7-8H2,1-2H3,(H2,15,16). The van der Waals surface area contributed by atoms with Crippen molar-refractivity contribution in [3.63, 3.8) is 0 Å². The molecule has 0 bridgehead atoms. The number of carbonyl (C=O) groups is 1. The lowest BCUT2D eigenvalue weighted by molar-refractivity contribution is -0.140. The Bertz CT molecular complexity index is 593. The summed E-state index contributed by atoms with van der Waals surface area (Å²) in [7, 11) is 3.01. The van der Waals surface area contributed by atoms with E-state index in [0.29, 0.717) is 18.0 Å². The van der Waals surface area contributed by atoms with Crippen molar-refractivity contribution in [2.75, 3.05) is 20.0 Å². The third kappa shape index (κ3) is 3.27. The van der Waals surface area contributed by atoms with E-state index in [1.54, 1.807) is 7.11 Å². The van der Waals surface area contributed by atoms with Crippen LogP contribution in [0.5, 0.6) is 5.75 Å². The molecular weight excluding hydrogens is 276 g/mol. The molecule has 5 nitrogen and oxygen atoms in total. The molecule has 0 amide bonds. The van der Waals surface area contributed by atoms with E-state index >= 15 is 0 Å². The number of aromatic nitrogens is 1. The first-order chi connectivity index (χ1) is 9.63. The van der Waals surface area contributed by atoms with Gasteiger partial charge in [0.1, 0.15) is 5.75 Å². The number of nitrogen functional groups attached to an aromatic ring is 1. The zero-order chi connectivity index (χ0) is 14.5. The van der Waals surface area contributed by atoms with Gasteiger partial charge in [-0.25, -0.2) is 4.98 Å². The van der Waals surface area contributed by atoms with Crippen molar-refractivity contribution < 1.29 is 14.3 Å². The number of carbonyl (C=O) groups excluding carboxylic acids is 1. The average Bonchev–Trinajstić information content (AvgIpc) is 2.85. The molecule has 0 atom stereocenters. The van der Waals surface area contributed by atoms with Gasteiger partial charge in [0.2, 0.25) is 0 Å². The number of rotatable bonds is 5. The summed E-state index contributed by atoms with van der Waals surface area (Å²) in [6.07, 6.45) is 0.893. The van der Waals surface area contributed by atoms with Crippen molar-refractivity contribution in [1.82, 2.24) is 4.98 Å². The Morgan fingerprint density at radius 3 is 2.60 bits per heavy atom. The molecule has 1 aromatic carbocycles. The number of aryl methyl sites for hydroxylation is 1. The highest BCUT2D eigenvalue weighted by atomic mass is 32.1. The second-order valence-electron chi connectivity index (χ2n) is 4.13. The quantitative estimate of drug-likeness (QED) is 0.857. The number of methoxy groups -OCH3 is 2. The van der Waals surface area contributed by atoms with E-state index in [2.05, 4.69) is 9.72 Å². The first-order valence-electron chi connectivity index (χ1n) is 6.10. The molecule has 2 N–H and O–H groups in total. The van der Waals surface area contributed by atoms with Crippen molar-refractivity contribution in [3.8, 4) is 17.0 Å². The van der Waals surface area contributed by atoms with Gasteiger partial charge in [-0.2, -0.15) is 0 Å². The minimum Gasteiger partial charge on any atom is -0.497 e. The monoisotopic (exact) mass is 292 g/mol. The van der Waals surface area contributed by atoms with Crippen LogP contribution >= 0.6 is 11.3 Å². The number of hydrogen-bond donors (Lipinski definition) is 1. The van der Waals surface area contributed by atoms with Crippen LogP contribution in [0, 0.1) is 0 Å². The number of nitrogens with two attached hydrogens (primary N) is 1. The second-order valence-corrected chi connectivity index (χ2v) is 5.24. The van der Waals surface area contributed by atoms with Crippen molar-refractivity contribution in [1.29, 1.82) is 0 Å². The summed E-state index contributed by atoms with van der Waals surface area (Å²) in [6, 6.07) is 7.59. The summed E-state index contributed by atoms with van der Waals surface area (Å²) in [6.45, 7) is 0. The number of hydrogen-bond acceptors (Lipinski definition) is 6. The van der Waals surface area contributed by atoms with Crippen LogP contribution in [0.25, 0.3) is 11.3 Å². The maximum absolute atomic E-state index is 11.2. The maximum Gasteiger partial charge on any atom is 0.305 e. The lowest BCUT2D eigenvalue weighted by Crippen LogP contribution is -2.01. The van der Waals surface area contributed by atoms with Gasteiger partial charge in [-0.05, 0) is 30.7 Å². The highest BCUT2D eigenvalue weighted by Gasteiger charge is 2.13. The van der Waals surface area contributed by atoms with E-state index in [9.17, 15) is 4.79 Å². The Hall–Kier alpha value is -2.08. The molecule has 0 aliphatic carbocycles. The Kier molecular flexibility index (Phi) is 4.57. The smallest absolute Gasteiger partial charge is 0.305 e. The van der Waals surface area contributed by atoms with Gasteiger partial charge in [0.15, 0.2) is 5.13 Å². The summed E-state index contributed by atoms with van der Waals surface area (Å²) < 4.78 is 9.78. The van der Waals surface area contributed by atoms with Crippen LogP contribution < -0.4 is 10.5 Å². The van der Waals surface area contributed by atoms with E-state index in [1.165, 1.54) is 18.4 Å². The molecule has 0 saturated carbocycles. The van der Waals surface area contributed by atoms with Gasteiger partial charge in [0, 0.05) is 10.4 Å². The molecule has 0 aliphatic heterocycles. The highest BCUT2D eigenvalue weighted by molar-refractivity contribution is 7.15. The Morgan fingerprint density at radius 2 is 2.00 bits per heavy atom. The maximum atomic E-state index is 11.2. The minimum atomic E-state index is -0.238. The van der Waals surface area contributed by atoms with Crippen LogP contribution in [0.1, 0.15) is 11.3 Å². The van der Waals surface area contributed by atoms with Gasteiger partial charge < -0.3 is 15.2 Å². The van der Waals surface area contributed by atoms with Crippen molar-refractivity contribution in [2.24, 2.45) is 0 Å². The van der Waals surface area contributed by atoms with E-state index in [-0.39, 0.29) is 5.97 Å². The zero-order valence-electron chi connectivity index (χ0n) is 11.4. The van der Waals surface area contributed by atoms with Crippen molar-refractivity contribution in [3.05, 3.63) is 29.1 Å². The molecule has 0 fully saturated rings. The van der Waals surface area contributed by atoms with E-state index in [0.717, 1.165) is 21.9 Å². The normalized spacial score (nSPS) is 10.3. The van der Waals surface area contributed by atoms with Crippen molar-refractivity contribution >= 4 is 22.4 Å². The topological polar surface area (TPSA) is 74.4 Å². The number of benzene rings is 1. The molecular formula is C14H16N2O3S. The number of ether oxygens (including phenoxy) is 2. The van der Waals surface area contributed by atoms with Crippen LogP contribution in [0.4, 0.5) is 5.13 Å². The number of esters is 1. The molecule has 0 saturated heterocycles. The molecule has 20 heavy (non-hydrogen) atoms. The van der Waals surface area contributed by atoms with Gasteiger partial charge in [-0.1, -0.05) is 0 Å². The SMILES string of the molecule is COC(=O)CCc1sc(N)nc1-c1ccc(OC)cc1. The lowest BCUT2D eigenvalue weighted by Gasteiger charge is -2.04. The summed E-state index contributed by atoms with van der Waals surface area (Å²) in [5, 5.41) is 0.496. The zero-order valence-corrected chi connectivity index (χ0v) is 12.2. The number of anilines is 1. The molecule has 0 unspecified atom stereocenters. The van der Waals surface area contributed by atoms with Crippen LogP contribution in [-0.4, -0.2) is 25.2 Å². The van der Waals surface area contributed by atoms with Gasteiger partial charge in [-0.15, -0.1) is 11.3 Å². The fourth-order valence-corrected chi connectivity index (χ4v) is 2.69. The summed E-state index contributed by atoms with van der Waals surface area (Å²) >= 11 is 1.40. The first kappa shape index (κ1) is 14.3. The Balaban J connectivity index is 2.23. The largest absolute Gasteiger partial charge is 0.497 e. The molecule has 106 valence electrons. The first-order valence-corrected chi connectivity index (χ1v) is 6.92. The predicted octanol–water partition coefficient (Wildman–Crippen LogP) is 2.51. The fourth-order valence-electron chi connectivity index (χ4n) is 1.83. The van der Waals surface area contributed by atoms with Gasteiger partial charge in [0.25, 0.3) is 0 Å². The molecule has 0 radical (unpaired) electrons. The molecule has 1 aromatic heterocycles. The highest BCUT2D eigenvalue weighted by Crippen LogP contribution is 2.31. The summed E-state index contributed by atoms with van der Waals surface area (Å²) in [5.74, 6) is 0.547. The van der Waals surface area contributed by atoms with E-state index in [1.807, 2.05) is 24.3 Å². The molecule has 0 spiro atoms. The van der Waals surface area contributed by atoms with Crippen LogP contribution in [0.15, 0.2) is 24.3 Å². The summed E-state index contributed by atoms with van der Waals surface area (Å²) in [5.41, 5.74) is 7.55. The third-order valence-electron chi connectivity index (χ3n) is 2.86. The van der Waals surface area contributed by atoms with Gasteiger partial charge >= 0.3 is 5.97 Å². The third-order valence-corrected chi connectivity index (χ3v) is 3.81. The van der Waals surface area contributed by atoms with E-state index < -0.39 is 0 Å². The fraction of sp³-hybridized carbons (Fsp3) is 0.286. The molecule has 0 aliphatic rings. The lowest BCUT2D eigenvalue weighted by atomic mass is 10.1. The van der Waals surface area contributed by atoms with Gasteiger partial charge in [0.05, 0.1) is 26.3 Å². The average molecular weight is 292 g/mol. The molecule has 6 heteroatoms. The summed E-state index contributed by atoms with van der Waals surface area (Å²) in [4.78, 5) is 16.6. The predicted molar refractivity (Wildman–Crippen MR) is 78.9 cm³/mol. The molecule has 1 heterocycles. The van der Waals surface area contributed by atoms with E-state index in [4.69, 9.17) is 10.5 Å². The number of nitrogens with zero attached hydrogens (tertiary/aromatic N) is 1. The minimum absolute atomic E-state index is 0.238. The van der Waals surface area contributed by atoms with Crippen LogP contribution in [-0.2, 0) is 16.0 Å². The Morgan fingerprint density at radius 1 is 1.30 bits per heavy atom. The van der Waals surface area contributed by atoms with Crippen molar-refractivity contribution in [2.45, 2.75) is 12.8 Å².